The van der Waals surface area contributed by atoms with E-state index in [1.165, 1.54) is 50.2 Å². The molecule has 3 aromatic rings. The second-order valence-electron chi connectivity index (χ2n) is 8.57. The SMILES string of the molecule is Cc1cc(C)c(-n2cc[n+](Cc3c(C)cc(C)c(CN(C)C)c3C)c2)c(C)c1. The molecule has 0 unspecified atom stereocenters. The van der Waals surface area contributed by atoms with Gasteiger partial charge in [0.25, 0.3) is 0 Å². The first-order valence-corrected chi connectivity index (χ1v) is 10.1. The quantitative estimate of drug-likeness (QED) is 0.587. The fraction of sp³-hybridized carbons (Fsp3) is 0.400. The number of aryl methyl sites for hydroxylation is 5. The summed E-state index contributed by atoms with van der Waals surface area (Å²) in [6.07, 6.45) is 6.57. The van der Waals surface area contributed by atoms with Crippen LogP contribution in [0.15, 0.2) is 36.9 Å². The Morgan fingerprint density at radius 2 is 1.43 bits per heavy atom. The Bertz CT molecular complexity index is 986. The topological polar surface area (TPSA) is 12.0 Å². The summed E-state index contributed by atoms with van der Waals surface area (Å²) in [5.41, 5.74) is 12.3. The van der Waals surface area contributed by atoms with Crippen molar-refractivity contribution < 1.29 is 4.57 Å². The van der Waals surface area contributed by atoms with E-state index in [2.05, 4.69) is 107 Å². The molecule has 0 spiro atoms. The number of imidazole rings is 1. The molecule has 0 aliphatic rings. The van der Waals surface area contributed by atoms with Gasteiger partial charge in [-0.3, -0.25) is 0 Å². The number of hydrogen-bond acceptors (Lipinski definition) is 1. The van der Waals surface area contributed by atoms with Crippen molar-refractivity contribution in [3.8, 4) is 5.69 Å². The van der Waals surface area contributed by atoms with Crippen LogP contribution in [0.5, 0.6) is 0 Å². The minimum atomic E-state index is 0.898. The van der Waals surface area contributed by atoms with E-state index in [1.807, 2.05) is 0 Å². The minimum absolute atomic E-state index is 0.898. The van der Waals surface area contributed by atoms with E-state index in [0.29, 0.717) is 0 Å². The second-order valence-corrected chi connectivity index (χ2v) is 8.57. The van der Waals surface area contributed by atoms with Gasteiger partial charge in [0.1, 0.15) is 24.6 Å². The molecule has 0 amide bonds. The number of nitrogens with zero attached hydrogens (tertiary/aromatic N) is 3. The van der Waals surface area contributed by atoms with Gasteiger partial charge in [-0.25, -0.2) is 9.13 Å². The predicted octanol–water partition coefficient (Wildman–Crippen LogP) is 4.73. The van der Waals surface area contributed by atoms with Gasteiger partial charge in [-0.05, 0) is 94.6 Å². The highest BCUT2D eigenvalue weighted by atomic mass is 15.1. The monoisotopic (exact) mass is 376 g/mol. The van der Waals surface area contributed by atoms with Gasteiger partial charge in [-0.1, -0.05) is 23.8 Å². The third-order valence-electron chi connectivity index (χ3n) is 5.69. The van der Waals surface area contributed by atoms with Crippen molar-refractivity contribution in [1.29, 1.82) is 0 Å². The van der Waals surface area contributed by atoms with E-state index >= 15 is 0 Å². The van der Waals surface area contributed by atoms with Crippen molar-refractivity contribution in [3.05, 3.63) is 81.4 Å². The Morgan fingerprint density at radius 1 is 0.821 bits per heavy atom. The van der Waals surface area contributed by atoms with Crippen LogP contribution in [0.2, 0.25) is 0 Å². The third-order valence-corrected chi connectivity index (χ3v) is 5.69. The number of rotatable bonds is 5. The van der Waals surface area contributed by atoms with Crippen molar-refractivity contribution >= 4 is 0 Å². The molecule has 0 radical (unpaired) electrons. The van der Waals surface area contributed by atoms with Crippen LogP contribution in [0.4, 0.5) is 0 Å². The zero-order valence-corrected chi connectivity index (χ0v) is 18.7. The summed E-state index contributed by atoms with van der Waals surface area (Å²) in [7, 11) is 4.28. The third kappa shape index (κ3) is 4.05. The predicted molar refractivity (Wildman–Crippen MR) is 117 cm³/mol. The summed E-state index contributed by atoms with van der Waals surface area (Å²) >= 11 is 0. The Kier molecular flexibility index (Phi) is 5.76. The van der Waals surface area contributed by atoms with Crippen molar-refractivity contribution in [2.24, 2.45) is 0 Å². The molecular weight excluding hydrogens is 342 g/mol. The molecule has 28 heavy (non-hydrogen) atoms. The lowest BCUT2D eigenvalue weighted by Crippen LogP contribution is -2.33. The lowest BCUT2D eigenvalue weighted by Gasteiger charge is -2.19. The molecule has 0 saturated heterocycles. The normalized spacial score (nSPS) is 11.5. The van der Waals surface area contributed by atoms with Crippen LogP contribution >= 0.6 is 0 Å². The molecule has 0 atom stereocenters. The second kappa shape index (κ2) is 7.92. The van der Waals surface area contributed by atoms with E-state index in [1.54, 1.807) is 0 Å². The maximum absolute atomic E-state index is 2.34. The molecular formula is C25H34N3+. The summed E-state index contributed by atoms with van der Waals surface area (Å²) in [6.45, 7) is 15.2. The van der Waals surface area contributed by atoms with Crippen molar-refractivity contribution in [1.82, 2.24) is 9.47 Å². The highest BCUT2D eigenvalue weighted by Crippen LogP contribution is 2.24. The van der Waals surface area contributed by atoms with Gasteiger partial charge in [-0.2, -0.15) is 0 Å². The molecule has 3 nitrogen and oxygen atoms in total. The Hall–Kier alpha value is -2.39. The van der Waals surface area contributed by atoms with E-state index in [4.69, 9.17) is 0 Å². The van der Waals surface area contributed by atoms with E-state index < -0.39 is 0 Å². The molecule has 0 N–H and O–H groups in total. The molecule has 2 aromatic carbocycles. The minimum Gasteiger partial charge on any atom is -0.305 e. The molecule has 0 bridgehead atoms. The first kappa shape index (κ1) is 20.3. The maximum Gasteiger partial charge on any atom is 0.249 e. The van der Waals surface area contributed by atoms with Gasteiger partial charge in [0.05, 0.1) is 0 Å². The first-order valence-electron chi connectivity index (χ1n) is 10.1. The fourth-order valence-electron chi connectivity index (χ4n) is 4.46. The molecule has 0 aliphatic heterocycles. The van der Waals surface area contributed by atoms with Crippen LogP contribution in [0.3, 0.4) is 0 Å². The maximum atomic E-state index is 2.34. The van der Waals surface area contributed by atoms with E-state index in [9.17, 15) is 0 Å². The molecule has 0 saturated carbocycles. The lowest BCUT2D eigenvalue weighted by molar-refractivity contribution is -0.687. The Morgan fingerprint density at radius 3 is 2.04 bits per heavy atom. The van der Waals surface area contributed by atoms with E-state index in [0.717, 1.165) is 13.1 Å². The van der Waals surface area contributed by atoms with Crippen molar-refractivity contribution in [2.45, 2.75) is 54.6 Å². The molecule has 1 aromatic heterocycles. The molecule has 0 fully saturated rings. The molecule has 1 heterocycles. The summed E-state index contributed by atoms with van der Waals surface area (Å²) < 4.78 is 4.55. The summed E-state index contributed by atoms with van der Waals surface area (Å²) in [4.78, 5) is 2.25. The summed E-state index contributed by atoms with van der Waals surface area (Å²) in [6, 6.07) is 6.86. The fourth-order valence-corrected chi connectivity index (χ4v) is 4.46. The lowest BCUT2D eigenvalue weighted by atomic mass is 9.93. The van der Waals surface area contributed by atoms with Crippen LogP contribution in [0, 0.1) is 41.5 Å². The average Bonchev–Trinajstić information content (AvgIpc) is 3.02. The first-order chi connectivity index (χ1) is 13.2. The average molecular weight is 377 g/mol. The van der Waals surface area contributed by atoms with Gasteiger partial charge in [0.2, 0.25) is 6.33 Å². The van der Waals surface area contributed by atoms with Crippen LogP contribution in [0.1, 0.15) is 44.5 Å². The highest BCUT2D eigenvalue weighted by molar-refractivity contribution is 5.49. The molecule has 0 aliphatic carbocycles. The standard InChI is InChI=1S/C25H34N3/c1-17-11-20(4)25(21(5)12-17)28-10-9-27(16-28)15-24-19(3)13-18(2)23(22(24)6)14-26(7)8/h9-13,16H,14-15H2,1-8H3/q+1. The summed E-state index contributed by atoms with van der Waals surface area (Å²) in [5.74, 6) is 0. The number of benzene rings is 2. The summed E-state index contributed by atoms with van der Waals surface area (Å²) in [5, 5.41) is 0. The van der Waals surface area contributed by atoms with Gasteiger partial charge in [0, 0.05) is 6.54 Å². The zero-order chi connectivity index (χ0) is 20.6. The smallest absolute Gasteiger partial charge is 0.249 e. The van der Waals surface area contributed by atoms with Gasteiger partial charge in [0.15, 0.2) is 0 Å². The van der Waals surface area contributed by atoms with Crippen molar-refractivity contribution in [2.75, 3.05) is 14.1 Å². The molecule has 3 rings (SSSR count). The van der Waals surface area contributed by atoms with Gasteiger partial charge < -0.3 is 4.90 Å². The Balaban J connectivity index is 1.97. The highest BCUT2D eigenvalue weighted by Gasteiger charge is 2.17. The van der Waals surface area contributed by atoms with Crippen LogP contribution < -0.4 is 4.57 Å². The molecule has 3 heteroatoms. The van der Waals surface area contributed by atoms with Crippen molar-refractivity contribution in [3.63, 3.8) is 0 Å². The molecule has 148 valence electrons. The largest absolute Gasteiger partial charge is 0.305 e. The number of hydrogen-bond donors (Lipinski definition) is 0. The van der Waals surface area contributed by atoms with Crippen LogP contribution in [0.25, 0.3) is 5.69 Å². The van der Waals surface area contributed by atoms with Crippen LogP contribution in [-0.2, 0) is 13.1 Å². The Labute approximate surface area is 170 Å². The zero-order valence-electron chi connectivity index (χ0n) is 18.7. The number of aromatic nitrogens is 2. The van der Waals surface area contributed by atoms with Crippen LogP contribution in [-0.4, -0.2) is 23.6 Å². The van der Waals surface area contributed by atoms with Gasteiger partial charge in [-0.15, -0.1) is 0 Å². The van der Waals surface area contributed by atoms with Gasteiger partial charge >= 0.3 is 0 Å². The van der Waals surface area contributed by atoms with E-state index in [-0.39, 0.29) is 0 Å².